The summed E-state index contributed by atoms with van der Waals surface area (Å²) in [7, 11) is 6.28. The summed E-state index contributed by atoms with van der Waals surface area (Å²) in [4.78, 5) is 67.6. The lowest BCUT2D eigenvalue weighted by Crippen LogP contribution is -2.54. The van der Waals surface area contributed by atoms with Gasteiger partial charge in [0.05, 0.1) is 38.0 Å². The van der Waals surface area contributed by atoms with Crippen LogP contribution in [0.25, 0.3) is 33.6 Å². The van der Waals surface area contributed by atoms with Crippen LogP contribution in [0.4, 0.5) is 9.59 Å². The predicted molar refractivity (Wildman–Crippen MR) is 209 cm³/mol. The Balaban J connectivity index is 1.13. The number of aromatic nitrogens is 4. The molecule has 6 rings (SSSR count). The maximum Gasteiger partial charge on any atom is 0.407 e. The van der Waals surface area contributed by atoms with Gasteiger partial charge in [-0.2, -0.15) is 0 Å². The van der Waals surface area contributed by atoms with Crippen molar-refractivity contribution >= 4 is 24.0 Å². The van der Waals surface area contributed by atoms with E-state index in [4.69, 9.17) is 9.47 Å². The molecule has 2 fully saturated rings. The Labute approximate surface area is 326 Å². The first-order valence-corrected chi connectivity index (χ1v) is 18.9. The van der Waals surface area contributed by atoms with Gasteiger partial charge in [0.25, 0.3) is 11.8 Å². The van der Waals surface area contributed by atoms with Crippen molar-refractivity contribution in [3.8, 4) is 33.6 Å². The van der Waals surface area contributed by atoms with Crippen molar-refractivity contribution in [3.63, 3.8) is 0 Å². The average molecular weight is 769 g/mol. The zero-order chi connectivity index (χ0) is 40.3. The van der Waals surface area contributed by atoms with Crippen LogP contribution in [0.5, 0.6) is 0 Å². The van der Waals surface area contributed by atoms with Gasteiger partial charge in [-0.15, -0.1) is 0 Å². The summed E-state index contributed by atoms with van der Waals surface area (Å²) < 4.78 is 9.53. The monoisotopic (exact) mass is 768 g/mol. The zero-order valence-electron chi connectivity index (χ0n) is 33.2. The highest BCUT2D eigenvalue weighted by Gasteiger charge is 2.42. The van der Waals surface area contributed by atoms with E-state index in [-0.39, 0.29) is 35.7 Å². The molecule has 2 aliphatic rings. The number of hydrazine groups is 2. The van der Waals surface area contributed by atoms with Crippen LogP contribution in [0.2, 0.25) is 0 Å². The molecule has 0 bridgehead atoms. The highest BCUT2D eigenvalue weighted by Crippen LogP contribution is 2.35. The molecule has 2 saturated heterocycles. The van der Waals surface area contributed by atoms with Gasteiger partial charge in [-0.3, -0.25) is 19.6 Å². The zero-order valence-corrected chi connectivity index (χ0v) is 33.2. The number of nitrogens with zero attached hydrogens (tertiary/aromatic N) is 6. The molecule has 4 amide bonds. The van der Waals surface area contributed by atoms with Gasteiger partial charge < -0.3 is 30.1 Å². The highest BCUT2D eigenvalue weighted by atomic mass is 16.5. The van der Waals surface area contributed by atoms with Crippen LogP contribution in [0.1, 0.15) is 64.3 Å². The molecular formula is C40H52N10O6. The number of carbonyl (C=O) groups excluding carboxylic acids is 4. The van der Waals surface area contributed by atoms with Crippen LogP contribution in [0.3, 0.4) is 0 Å². The number of carbonyl (C=O) groups is 4. The second kappa shape index (κ2) is 17.0. The lowest BCUT2D eigenvalue weighted by Gasteiger charge is -2.33. The summed E-state index contributed by atoms with van der Waals surface area (Å²) in [6, 6.07) is 14.3. The molecule has 0 radical (unpaired) electrons. The average Bonchev–Trinajstić information content (AvgIpc) is 4.02. The van der Waals surface area contributed by atoms with Gasteiger partial charge in [0, 0.05) is 27.2 Å². The molecule has 16 nitrogen and oxygen atoms in total. The van der Waals surface area contributed by atoms with Gasteiger partial charge >= 0.3 is 12.2 Å². The smallest absolute Gasteiger partial charge is 0.407 e. The van der Waals surface area contributed by atoms with E-state index >= 15 is 0 Å². The molecule has 2 aromatic carbocycles. The molecule has 56 heavy (non-hydrogen) atoms. The van der Waals surface area contributed by atoms with Crippen LogP contribution < -0.4 is 10.6 Å². The third kappa shape index (κ3) is 8.26. The Hall–Kier alpha value is -5.74. The number of H-pyrrole nitrogens is 2. The van der Waals surface area contributed by atoms with Gasteiger partial charge in [-0.1, -0.05) is 76.2 Å². The van der Waals surface area contributed by atoms with Gasteiger partial charge in [-0.05, 0) is 46.9 Å². The molecule has 2 aliphatic heterocycles. The predicted octanol–water partition coefficient (Wildman–Crippen LogP) is 5.14. The minimum absolute atomic E-state index is 0.145. The second-order valence-electron chi connectivity index (χ2n) is 15.0. The first kappa shape index (κ1) is 39.9. The summed E-state index contributed by atoms with van der Waals surface area (Å²) in [5.74, 6) is 0.622. The van der Waals surface area contributed by atoms with E-state index in [2.05, 4.69) is 54.8 Å². The maximum absolute atomic E-state index is 13.7. The topological polar surface area (TPSA) is 181 Å². The summed E-state index contributed by atoms with van der Waals surface area (Å²) in [5.41, 5.74) is 5.66. The summed E-state index contributed by atoms with van der Waals surface area (Å²) in [6.07, 6.45) is 3.66. The third-order valence-corrected chi connectivity index (χ3v) is 10.6. The number of amides is 4. The molecule has 4 aromatic rings. The standard InChI is InChI=1S/C40H52N10O6/c1-23(2)33(45-39(53)55-7)37(51)49-31(17-19-47(49)5)35-41-21-29(43-35)27-13-9-25(10-14-27)26-11-15-28(16-12-26)30-22-42-36(44-30)32-18-20-48(6)50(32)38(52)34(24(3)4)46-40(54)56-8/h9-16,21-24,31-34H,17-20H2,1-8H3,(H,41,43)(H,42,44)(H,45,53)(H,46,54)/t31-,32?,33-,34-/m0/s1. The Bertz CT molecular complexity index is 1870. The minimum atomic E-state index is -0.747. The van der Waals surface area contributed by atoms with Crippen LogP contribution in [0.15, 0.2) is 60.9 Å². The number of nitrogens with one attached hydrogen (secondary N) is 4. The molecular weight excluding hydrogens is 717 g/mol. The number of hydrogen-bond acceptors (Lipinski definition) is 10. The highest BCUT2D eigenvalue weighted by molar-refractivity contribution is 5.87. The van der Waals surface area contributed by atoms with Crippen molar-refractivity contribution in [1.29, 1.82) is 0 Å². The largest absolute Gasteiger partial charge is 0.453 e. The van der Waals surface area contributed by atoms with E-state index in [1.807, 2.05) is 76.1 Å². The van der Waals surface area contributed by atoms with Gasteiger partial charge in [0.2, 0.25) is 0 Å². The Morgan fingerprint density at radius 3 is 1.29 bits per heavy atom. The van der Waals surface area contributed by atoms with Crippen LogP contribution in [-0.2, 0) is 19.1 Å². The molecule has 4 heterocycles. The molecule has 4 N–H and O–H groups in total. The van der Waals surface area contributed by atoms with Gasteiger partial charge in [0.1, 0.15) is 35.8 Å². The van der Waals surface area contributed by atoms with Crippen molar-refractivity contribution in [2.45, 2.75) is 64.7 Å². The molecule has 4 atom stereocenters. The van der Waals surface area contributed by atoms with E-state index in [0.717, 1.165) is 33.6 Å². The van der Waals surface area contributed by atoms with E-state index in [9.17, 15) is 19.2 Å². The fraction of sp³-hybridized carbons (Fsp3) is 0.450. The number of aromatic amines is 2. The van der Waals surface area contributed by atoms with Crippen LogP contribution >= 0.6 is 0 Å². The summed E-state index contributed by atoms with van der Waals surface area (Å²) >= 11 is 0. The Morgan fingerprint density at radius 2 is 0.964 bits per heavy atom. The number of hydrogen-bond donors (Lipinski definition) is 4. The number of methoxy groups -OCH3 is 2. The summed E-state index contributed by atoms with van der Waals surface area (Å²) in [6.45, 7) is 8.87. The van der Waals surface area contributed by atoms with Crippen molar-refractivity contribution < 1.29 is 28.7 Å². The fourth-order valence-electron chi connectivity index (χ4n) is 7.38. The van der Waals surface area contributed by atoms with Crippen LogP contribution in [0, 0.1) is 11.8 Å². The Morgan fingerprint density at radius 1 is 0.625 bits per heavy atom. The number of benzene rings is 2. The molecule has 2 aromatic heterocycles. The molecule has 298 valence electrons. The van der Waals surface area contributed by atoms with E-state index in [1.165, 1.54) is 14.2 Å². The van der Waals surface area contributed by atoms with E-state index < -0.39 is 24.3 Å². The number of alkyl carbamates (subject to hydrolysis) is 2. The van der Waals surface area contributed by atoms with E-state index in [1.54, 1.807) is 22.4 Å². The number of ether oxygens (including phenoxy) is 2. The molecule has 0 spiro atoms. The van der Waals surface area contributed by atoms with Gasteiger partial charge in [0.15, 0.2) is 0 Å². The van der Waals surface area contributed by atoms with Crippen molar-refractivity contribution in [2.24, 2.45) is 11.8 Å². The third-order valence-electron chi connectivity index (χ3n) is 10.6. The molecule has 16 heteroatoms. The first-order valence-electron chi connectivity index (χ1n) is 18.9. The van der Waals surface area contributed by atoms with E-state index in [0.29, 0.717) is 37.6 Å². The molecule has 0 saturated carbocycles. The molecule has 1 unspecified atom stereocenters. The lowest BCUT2D eigenvalue weighted by atomic mass is 10.0. The van der Waals surface area contributed by atoms with Gasteiger partial charge in [-0.25, -0.2) is 29.6 Å². The van der Waals surface area contributed by atoms with Crippen molar-refractivity contribution in [3.05, 3.63) is 72.6 Å². The second-order valence-corrected chi connectivity index (χ2v) is 15.0. The molecule has 0 aliphatic carbocycles. The van der Waals surface area contributed by atoms with Crippen molar-refractivity contribution in [1.82, 2.24) is 50.6 Å². The van der Waals surface area contributed by atoms with Crippen LogP contribution in [-0.4, -0.2) is 117 Å². The lowest BCUT2D eigenvalue weighted by molar-refractivity contribution is -0.150. The number of imidazole rings is 2. The Kier molecular flexibility index (Phi) is 12.1. The SMILES string of the molecule is COC(=O)N[C@H](C(=O)N1C(c2ncc(-c3ccc(-c4ccc(-c5cnc([C@@H]6CCN(C)N6C(=O)[C@@H](NC(=O)OC)C(C)C)[nH]5)cc4)cc3)[nH]2)CCN1C)C(C)C. The maximum atomic E-state index is 13.7. The summed E-state index contributed by atoms with van der Waals surface area (Å²) in [5, 5.41) is 12.5. The first-order chi connectivity index (χ1) is 26.8. The number of rotatable bonds is 11. The normalized spacial score (nSPS) is 18.7. The fourth-order valence-corrected chi connectivity index (χ4v) is 7.38. The minimum Gasteiger partial charge on any atom is -0.453 e. The quantitative estimate of drug-likeness (QED) is 0.160. The van der Waals surface area contributed by atoms with Crippen molar-refractivity contribution in [2.75, 3.05) is 41.4 Å².